The van der Waals surface area contributed by atoms with Gasteiger partial charge in [0.1, 0.15) is 0 Å². The van der Waals surface area contributed by atoms with Crippen molar-refractivity contribution in [3.8, 4) is 0 Å². The van der Waals surface area contributed by atoms with Gasteiger partial charge in [-0.25, -0.2) is 0 Å². The molecule has 0 aliphatic carbocycles. The van der Waals surface area contributed by atoms with Gasteiger partial charge in [0.2, 0.25) is 0 Å². The lowest BCUT2D eigenvalue weighted by Gasteiger charge is -2.32. The predicted octanol–water partition coefficient (Wildman–Crippen LogP) is 1.87. The first-order chi connectivity index (χ1) is 6.42. The summed E-state index contributed by atoms with van der Waals surface area (Å²) in [5, 5.41) is 0. The van der Waals surface area contributed by atoms with Crippen molar-refractivity contribution in [2.75, 3.05) is 13.2 Å². The van der Waals surface area contributed by atoms with E-state index in [1.807, 2.05) is 0 Å². The third-order valence-electron chi connectivity index (χ3n) is 3.62. The van der Waals surface area contributed by atoms with Gasteiger partial charge < -0.3 is 14.0 Å². The van der Waals surface area contributed by atoms with Gasteiger partial charge in [0.15, 0.2) is 0 Å². The van der Waals surface area contributed by atoms with Crippen LogP contribution in [0.15, 0.2) is 0 Å². The molecule has 1 atom stereocenters. The van der Waals surface area contributed by atoms with Crippen LogP contribution in [0.25, 0.3) is 0 Å². The first kappa shape index (κ1) is 10.5. The van der Waals surface area contributed by atoms with E-state index in [-0.39, 0.29) is 18.3 Å². The molecule has 0 N–H and O–H groups in total. The lowest BCUT2D eigenvalue weighted by atomic mass is 9.71. The first-order valence-corrected chi connectivity index (χ1v) is 5.36. The van der Waals surface area contributed by atoms with E-state index in [9.17, 15) is 0 Å². The molecule has 0 bridgehead atoms. The fraction of sp³-hybridized carbons (Fsp3) is 1.00. The summed E-state index contributed by atoms with van der Waals surface area (Å²) in [5.74, 6) is 0.413. The molecule has 2 aliphatic rings. The number of rotatable bonds is 1. The molecule has 0 spiro atoms. The van der Waals surface area contributed by atoms with E-state index in [1.54, 1.807) is 0 Å². The molecule has 0 amide bonds. The minimum absolute atomic E-state index is 0.0810. The lowest BCUT2D eigenvalue weighted by Crippen LogP contribution is -2.41. The van der Waals surface area contributed by atoms with Gasteiger partial charge in [-0.15, -0.1) is 0 Å². The molecular formula is C10H19BO3. The summed E-state index contributed by atoms with van der Waals surface area (Å²) in [4.78, 5) is 0. The van der Waals surface area contributed by atoms with E-state index in [0.717, 1.165) is 19.6 Å². The van der Waals surface area contributed by atoms with Crippen LogP contribution in [0.1, 0.15) is 34.1 Å². The molecule has 0 radical (unpaired) electrons. The van der Waals surface area contributed by atoms with Gasteiger partial charge in [0.25, 0.3) is 0 Å². The Morgan fingerprint density at radius 3 is 2.07 bits per heavy atom. The van der Waals surface area contributed by atoms with Gasteiger partial charge in [0, 0.05) is 19.0 Å². The second-order valence-electron chi connectivity index (χ2n) is 5.25. The molecule has 2 saturated heterocycles. The van der Waals surface area contributed by atoms with Crippen LogP contribution in [0.2, 0.25) is 5.82 Å². The van der Waals surface area contributed by atoms with E-state index >= 15 is 0 Å². The van der Waals surface area contributed by atoms with Gasteiger partial charge in [-0.1, -0.05) is 0 Å². The molecule has 0 aromatic heterocycles. The minimum atomic E-state index is -0.208. The average molecular weight is 198 g/mol. The molecule has 14 heavy (non-hydrogen) atoms. The average Bonchev–Trinajstić information content (AvgIpc) is 2.58. The van der Waals surface area contributed by atoms with E-state index in [1.165, 1.54) is 0 Å². The van der Waals surface area contributed by atoms with Crippen LogP contribution in [0, 0.1) is 0 Å². The summed E-state index contributed by atoms with van der Waals surface area (Å²) in [5.41, 5.74) is -0.416. The fourth-order valence-electron chi connectivity index (χ4n) is 1.85. The Balaban J connectivity index is 2.05. The smallest absolute Gasteiger partial charge is 0.403 e. The molecule has 2 fully saturated rings. The zero-order valence-electron chi connectivity index (χ0n) is 9.50. The quantitative estimate of drug-likeness (QED) is 0.602. The number of hydrogen-bond donors (Lipinski definition) is 0. The Hall–Kier alpha value is -0.0551. The van der Waals surface area contributed by atoms with Crippen molar-refractivity contribution in [3.05, 3.63) is 0 Å². The summed E-state index contributed by atoms with van der Waals surface area (Å²) >= 11 is 0. The van der Waals surface area contributed by atoms with Crippen molar-refractivity contribution in [1.29, 1.82) is 0 Å². The van der Waals surface area contributed by atoms with Gasteiger partial charge in [-0.05, 0) is 34.1 Å². The van der Waals surface area contributed by atoms with Crippen molar-refractivity contribution in [2.45, 2.75) is 51.1 Å². The van der Waals surface area contributed by atoms with Crippen molar-refractivity contribution in [2.24, 2.45) is 0 Å². The van der Waals surface area contributed by atoms with E-state index in [2.05, 4.69) is 27.7 Å². The van der Waals surface area contributed by atoms with Crippen LogP contribution in [-0.2, 0) is 14.0 Å². The van der Waals surface area contributed by atoms with E-state index < -0.39 is 0 Å². The highest BCUT2D eigenvalue weighted by Gasteiger charge is 2.54. The van der Waals surface area contributed by atoms with Crippen LogP contribution < -0.4 is 0 Å². The van der Waals surface area contributed by atoms with Crippen LogP contribution >= 0.6 is 0 Å². The highest BCUT2D eigenvalue weighted by atomic mass is 16.7. The molecule has 0 saturated carbocycles. The molecule has 80 valence electrons. The summed E-state index contributed by atoms with van der Waals surface area (Å²) in [7, 11) is -0.0810. The summed E-state index contributed by atoms with van der Waals surface area (Å²) in [6.45, 7) is 9.96. The Kier molecular flexibility index (Phi) is 2.41. The fourth-order valence-corrected chi connectivity index (χ4v) is 1.85. The highest BCUT2D eigenvalue weighted by molar-refractivity contribution is 6.47. The molecular weight excluding hydrogens is 179 g/mol. The lowest BCUT2D eigenvalue weighted by molar-refractivity contribution is 0.00578. The normalized spacial score (nSPS) is 35.1. The van der Waals surface area contributed by atoms with E-state index in [0.29, 0.717) is 5.82 Å². The second-order valence-corrected chi connectivity index (χ2v) is 5.25. The molecule has 2 aliphatic heterocycles. The maximum atomic E-state index is 5.95. The molecule has 3 nitrogen and oxygen atoms in total. The molecule has 0 aromatic rings. The Bertz CT molecular complexity index is 205. The number of ether oxygens (including phenoxy) is 1. The largest absolute Gasteiger partial charge is 0.463 e. The number of hydrogen-bond acceptors (Lipinski definition) is 3. The van der Waals surface area contributed by atoms with Crippen LogP contribution in [-0.4, -0.2) is 31.5 Å². The summed E-state index contributed by atoms with van der Waals surface area (Å²) in [6, 6.07) is 0. The van der Waals surface area contributed by atoms with Gasteiger partial charge in [-0.3, -0.25) is 0 Å². The standard InChI is InChI=1S/C10H19BO3/c1-9(2)10(3,4)14-11(13-9)8-5-6-12-7-8/h8H,5-7H2,1-4H3/t8-/m1/s1. The van der Waals surface area contributed by atoms with Crippen molar-refractivity contribution < 1.29 is 14.0 Å². The molecule has 0 unspecified atom stereocenters. The Morgan fingerprint density at radius 1 is 1.07 bits per heavy atom. The summed E-state index contributed by atoms with van der Waals surface area (Å²) < 4.78 is 17.2. The predicted molar refractivity (Wildman–Crippen MR) is 55.3 cm³/mol. The Morgan fingerprint density at radius 2 is 1.64 bits per heavy atom. The molecule has 2 heterocycles. The van der Waals surface area contributed by atoms with Crippen LogP contribution in [0.3, 0.4) is 0 Å². The summed E-state index contributed by atoms with van der Waals surface area (Å²) in [6.07, 6.45) is 1.05. The van der Waals surface area contributed by atoms with Gasteiger partial charge in [0.05, 0.1) is 11.2 Å². The second kappa shape index (κ2) is 3.22. The van der Waals surface area contributed by atoms with Gasteiger partial charge >= 0.3 is 7.12 Å². The van der Waals surface area contributed by atoms with Crippen molar-refractivity contribution >= 4 is 7.12 Å². The van der Waals surface area contributed by atoms with Crippen molar-refractivity contribution in [1.82, 2.24) is 0 Å². The van der Waals surface area contributed by atoms with Gasteiger partial charge in [-0.2, -0.15) is 0 Å². The molecule has 2 rings (SSSR count). The maximum Gasteiger partial charge on any atom is 0.463 e. The molecule has 0 aromatic carbocycles. The molecule has 4 heteroatoms. The Labute approximate surface area is 86.2 Å². The minimum Gasteiger partial charge on any atom is -0.403 e. The topological polar surface area (TPSA) is 27.7 Å². The zero-order valence-corrected chi connectivity index (χ0v) is 9.50. The first-order valence-electron chi connectivity index (χ1n) is 5.36. The third-order valence-corrected chi connectivity index (χ3v) is 3.62. The third kappa shape index (κ3) is 1.60. The maximum absolute atomic E-state index is 5.95. The van der Waals surface area contributed by atoms with Crippen LogP contribution in [0.4, 0.5) is 0 Å². The SMILES string of the molecule is CC1(C)OB([C@@H]2CCOC2)OC1(C)C. The monoisotopic (exact) mass is 198 g/mol. The van der Waals surface area contributed by atoms with Crippen molar-refractivity contribution in [3.63, 3.8) is 0 Å². The highest BCUT2D eigenvalue weighted by Crippen LogP contribution is 2.41. The van der Waals surface area contributed by atoms with E-state index in [4.69, 9.17) is 14.0 Å². The zero-order chi connectivity index (χ0) is 10.4. The van der Waals surface area contributed by atoms with Crippen LogP contribution in [0.5, 0.6) is 0 Å².